The zero-order chi connectivity index (χ0) is 15.1. The van der Waals surface area contributed by atoms with Crippen molar-refractivity contribution in [1.82, 2.24) is 0 Å². The summed E-state index contributed by atoms with van der Waals surface area (Å²) < 4.78 is 9.99. The van der Waals surface area contributed by atoms with Crippen molar-refractivity contribution in [3.63, 3.8) is 0 Å². The predicted molar refractivity (Wildman–Crippen MR) is 70.6 cm³/mol. The van der Waals surface area contributed by atoms with Crippen molar-refractivity contribution in [3.8, 4) is 0 Å². The van der Waals surface area contributed by atoms with E-state index < -0.39 is 30.3 Å². The molecule has 1 rings (SSSR count). The maximum atomic E-state index is 11.5. The Morgan fingerprint density at radius 3 is 2.30 bits per heavy atom. The fourth-order valence-corrected chi connectivity index (χ4v) is 1.61. The summed E-state index contributed by atoms with van der Waals surface area (Å²) in [5.74, 6) is -1.24. The number of aliphatic hydroxyl groups is 2. The molecule has 2 N–H and O–H groups in total. The molecule has 6 nitrogen and oxygen atoms in total. The second kappa shape index (κ2) is 7.81. The topological polar surface area (TPSA) is 93.1 Å². The summed E-state index contributed by atoms with van der Waals surface area (Å²) in [6.45, 7) is 3.21. The molecule has 1 aliphatic rings. The maximum absolute atomic E-state index is 11.5. The van der Waals surface area contributed by atoms with Crippen LogP contribution in [-0.2, 0) is 19.1 Å². The van der Waals surface area contributed by atoms with Crippen LogP contribution in [0.3, 0.4) is 0 Å². The Labute approximate surface area is 117 Å². The largest absolute Gasteiger partial charge is 0.460 e. The molecule has 0 radical (unpaired) electrons. The lowest BCUT2D eigenvalue weighted by molar-refractivity contribution is -0.146. The van der Waals surface area contributed by atoms with E-state index >= 15 is 0 Å². The van der Waals surface area contributed by atoms with Crippen LogP contribution in [0.2, 0.25) is 0 Å². The molecule has 0 aromatic heterocycles. The van der Waals surface area contributed by atoms with E-state index in [0.717, 1.165) is 12.2 Å². The maximum Gasteiger partial charge on any atom is 0.330 e. The Kier molecular flexibility index (Phi) is 6.41. The Morgan fingerprint density at radius 1 is 1.00 bits per heavy atom. The Morgan fingerprint density at radius 2 is 1.60 bits per heavy atom. The highest BCUT2D eigenvalue weighted by atomic mass is 16.6. The van der Waals surface area contributed by atoms with Crippen LogP contribution in [0, 0.1) is 0 Å². The van der Waals surface area contributed by atoms with Gasteiger partial charge >= 0.3 is 11.9 Å². The molecule has 0 aliphatic carbocycles. The van der Waals surface area contributed by atoms with Crippen molar-refractivity contribution in [2.45, 2.75) is 51.1 Å². The van der Waals surface area contributed by atoms with E-state index in [1.54, 1.807) is 6.92 Å². The van der Waals surface area contributed by atoms with E-state index in [1.165, 1.54) is 19.1 Å². The molecule has 0 fully saturated rings. The molecule has 4 atom stereocenters. The molecule has 6 heteroatoms. The molecule has 0 saturated carbocycles. The third-order valence-corrected chi connectivity index (χ3v) is 2.85. The summed E-state index contributed by atoms with van der Waals surface area (Å²) >= 11 is 0. The Bertz CT molecular complexity index is 400. The van der Waals surface area contributed by atoms with Crippen LogP contribution >= 0.6 is 0 Å². The standard InChI is InChI=1S/C14H20O6/c1-9-3-4-11(15)5-7-14(18)20-10(2)12(16)6-8-13(17)19-9/h5-12,15-16H,3-4H2,1-2H3/b7-5-,8-6-/t9-,10-,11+,12+/m1/s1. The minimum atomic E-state index is -1.11. The minimum Gasteiger partial charge on any atom is -0.460 e. The van der Waals surface area contributed by atoms with E-state index in [1.807, 2.05) is 0 Å². The lowest BCUT2D eigenvalue weighted by Crippen LogP contribution is -2.27. The molecule has 20 heavy (non-hydrogen) atoms. The van der Waals surface area contributed by atoms with Crippen molar-refractivity contribution in [2.75, 3.05) is 0 Å². The third kappa shape index (κ3) is 5.99. The third-order valence-electron chi connectivity index (χ3n) is 2.85. The summed E-state index contributed by atoms with van der Waals surface area (Å²) in [6, 6.07) is 0. The van der Waals surface area contributed by atoms with Gasteiger partial charge in [0.25, 0.3) is 0 Å². The molecule has 0 aromatic carbocycles. The molecule has 0 aromatic rings. The summed E-state index contributed by atoms with van der Waals surface area (Å²) in [6.07, 6.45) is 2.48. The molecule has 0 spiro atoms. The first kappa shape index (κ1) is 16.4. The van der Waals surface area contributed by atoms with E-state index in [2.05, 4.69) is 0 Å². The Hall–Kier alpha value is -1.66. The SMILES string of the molecule is C[C@@H]1CC[C@H](O)/C=C\C(=O)O[C@H](C)[C@@H](O)/C=C\C(=O)O1. The first-order valence-corrected chi connectivity index (χ1v) is 6.52. The first-order valence-electron chi connectivity index (χ1n) is 6.52. The highest BCUT2D eigenvalue weighted by Crippen LogP contribution is 2.09. The monoisotopic (exact) mass is 284 g/mol. The quantitative estimate of drug-likeness (QED) is 0.628. The number of esters is 2. The lowest BCUT2D eigenvalue weighted by atomic mass is 10.1. The molecule has 112 valence electrons. The highest BCUT2D eigenvalue weighted by Gasteiger charge is 2.17. The number of rotatable bonds is 0. The van der Waals surface area contributed by atoms with Gasteiger partial charge in [-0.25, -0.2) is 9.59 Å². The van der Waals surface area contributed by atoms with Gasteiger partial charge < -0.3 is 19.7 Å². The molecule has 0 unspecified atom stereocenters. The van der Waals surface area contributed by atoms with Crippen molar-refractivity contribution < 1.29 is 29.3 Å². The first-order chi connectivity index (χ1) is 9.38. The number of carbonyl (C=O) groups is 2. The van der Waals surface area contributed by atoms with Crippen LogP contribution in [0.1, 0.15) is 26.7 Å². The zero-order valence-corrected chi connectivity index (χ0v) is 11.6. The number of aliphatic hydroxyl groups excluding tert-OH is 2. The molecule has 1 aliphatic heterocycles. The van der Waals surface area contributed by atoms with Gasteiger partial charge in [-0.1, -0.05) is 0 Å². The van der Waals surface area contributed by atoms with Crippen LogP contribution in [0.5, 0.6) is 0 Å². The van der Waals surface area contributed by atoms with Gasteiger partial charge in [-0.2, -0.15) is 0 Å². The smallest absolute Gasteiger partial charge is 0.330 e. The second-order valence-electron chi connectivity index (χ2n) is 4.74. The fourth-order valence-electron chi connectivity index (χ4n) is 1.61. The van der Waals surface area contributed by atoms with Crippen LogP contribution in [-0.4, -0.2) is 46.6 Å². The minimum absolute atomic E-state index is 0.361. The number of hydrogen-bond donors (Lipinski definition) is 2. The highest BCUT2D eigenvalue weighted by molar-refractivity contribution is 5.83. The normalized spacial score (nSPS) is 36.4. The van der Waals surface area contributed by atoms with Crippen LogP contribution < -0.4 is 0 Å². The molecular weight excluding hydrogens is 264 g/mol. The van der Waals surface area contributed by atoms with Crippen LogP contribution in [0.15, 0.2) is 24.3 Å². The van der Waals surface area contributed by atoms with Gasteiger partial charge in [-0.3, -0.25) is 0 Å². The Balaban J connectivity index is 2.79. The molecule has 1 heterocycles. The van der Waals surface area contributed by atoms with Crippen molar-refractivity contribution in [3.05, 3.63) is 24.3 Å². The molecular formula is C14H20O6. The van der Waals surface area contributed by atoms with E-state index in [9.17, 15) is 19.8 Å². The van der Waals surface area contributed by atoms with E-state index in [4.69, 9.17) is 9.47 Å². The summed E-state index contributed by atoms with van der Waals surface area (Å²) in [5.41, 5.74) is 0. The van der Waals surface area contributed by atoms with Gasteiger partial charge in [-0.05, 0) is 38.8 Å². The van der Waals surface area contributed by atoms with Gasteiger partial charge in [0, 0.05) is 12.2 Å². The number of hydrogen-bond acceptors (Lipinski definition) is 6. The number of ether oxygens (including phenoxy) is 2. The predicted octanol–water partition coefficient (Wildman–Crippen LogP) is 0.478. The van der Waals surface area contributed by atoms with E-state index in [0.29, 0.717) is 12.8 Å². The van der Waals surface area contributed by atoms with Gasteiger partial charge in [0.15, 0.2) is 0 Å². The number of cyclic esters (lactones) is 2. The van der Waals surface area contributed by atoms with Gasteiger partial charge in [-0.15, -0.1) is 0 Å². The van der Waals surface area contributed by atoms with Crippen molar-refractivity contribution >= 4 is 11.9 Å². The van der Waals surface area contributed by atoms with Crippen molar-refractivity contribution in [1.29, 1.82) is 0 Å². The average Bonchev–Trinajstić information content (AvgIpc) is 2.39. The fraction of sp³-hybridized carbons (Fsp3) is 0.571. The summed E-state index contributed by atoms with van der Waals surface area (Å²) in [5, 5.41) is 19.3. The van der Waals surface area contributed by atoms with Crippen LogP contribution in [0.4, 0.5) is 0 Å². The number of carbonyl (C=O) groups excluding carboxylic acids is 2. The second-order valence-corrected chi connectivity index (χ2v) is 4.74. The van der Waals surface area contributed by atoms with Crippen molar-refractivity contribution in [2.24, 2.45) is 0 Å². The molecule has 0 saturated heterocycles. The van der Waals surface area contributed by atoms with Gasteiger partial charge in [0.05, 0.1) is 12.2 Å². The van der Waals surface area contributed by atoms with Gasteiger partial charge in [0.1, 0.15) is 12.2 Å². The average molecular weight is 284 g/mol. The lowest BCUT2D eigenvalue weighted by Gasteiger charge is -2.17. The van der Waals surface area contributed by atoms with Crippen LogP contribution in [0.25, 0.3) is 0 Å². The summed E-state index contributed by atoms with van der Waals surface area (Å²) in [7, 11) is 0. The van der Waals surface area contributed by atoms with E-state index in [-0.39, 0.29) is 6.10 Å². The van der Waals surface area contributed by atoms with Gasteiger partial charge in [0.2, 0.25) is 0 Å². The zero-order valence-electron chi connectivity index (χ0n) is 11.6. The molecule has 0 bridgehead atoms. The molecule has 0 amide bonds. The summed E-state index contributed by atoms with van der Waals surface area (Å²) in [4.78, 5) is 22.9.